The van der Waals surface area contributed by atoms with Gasteiger partial charge in [0.2, 0.25) is 0 Å². The lowest BCUT2D eigenvalue weighted by Gasteiger charge is -2.35. The molecule has 1 N–H and O–H groups in total. The van der Waals surface area contributed by atoms with Gasteiger partial charge >= 0.3 is 0 Å². The number of piperazine rings is 1. The first-order chi connectivity index (χ1) is 9.24. The highest BCUT2D eigenvalue weighted by Crippen LogP contribution is 2.41. The van der Waals surface area contributed by atoms with E-state index in [1.165, 1.54) is 12.8 Å². The summed E-state index contributed by atoms with van der Waals surface area (Å²) < 4.78 is 15.3. The maximum absolute atomic E-state index is 14.2. The minimum Gasteiger partial charge on any atom is -0.314 e. The zero-order chi connectivity index (χ0) is 13.2. The van der Waals surface area contributed by atoms with Gasteiger partial charge in [0.15, 0.2) is 0 Å². The largest absolute Gasteiger partial charge is 0.314 e. The van der Waals surface area contributed by atoms with E-state index >= 15 is 0 Å². The second kappa shape index (κ2) is 6.06. The SMILES string of the molecule is Fc1ccc(I)cc1[C@H](CC1CC1)N1CCNCC1. The summed E-state index contributed by atoms with van der Waals surface area (Å²) in [5.74, 6) is 0.779. The van der Waals surface area contributed by atoms with E-state index in [0.29, 0.717) is 0 Å². The number of hydrogen-bond acceptors (Lipinski definition) is 2. The Labute approximate surface area is 127 Å². The number of halogens is 2. The molecule has 0 amide bonds. The van der Waals surface area contributed by atoms with Crippen molar-refractivity contribution in [3.8, 4) is 0 Å². The number of nitrogens with zero attached hydrogens (tertiary/aromatic N) is 1. The van der Waals surface area contributed by atoms with Gasteiger partial charge in [-0.25, -0.2) is 4.39 Å². The molecular formula is C15H20FIN2. The third-order valence-electron chi connectivity index (χ3n) is 4.16. The zero-order valence-corrected chi connectivity index (χ0v) is 13.2. The molecule has 1 saturated heterocycles. The second-order valence-electron chi connectivity index (χ2n) is 5.65. The van der Waals surface area contributed by atoms with Crippen LogP contribution in [0.2, 0.25) is 0 Å². The van der Waals surface area contributed by atoms with E-state index in [4.69, 9.17) is 0 Å². The van der Waals surface area contributed by atoms with Gasteiger partial charge in [-0.2, -0.15) is 0 Å². The highest BCUT2D eigenvalue weighted by Gasteiger charge is 2.31. The van der Waals surface area contributed by atoms with Gasteiger partial charge in [-0.1, -0.05) is 12.8 Å². The molecule has 4 heteroatoms. The maximum Gasteiger partial charge on any atom is 0.128 e. The normalized spacial score (nSPS) is 22.4. The molecule has 2 nitrogen and oxygen atoms in total. The monoisotopic (exact) mass is 374 g/mol. The molecule has 0 aromatic heterocycles. The Morgan fingerprint density at radius 2 is 2.05 bits per heavy atom. The number of rotatable bonds is 4. The topological polar surface area (TPSA) is 15.3 Å². The van der Waals surface area contributed by atoms with Crippen LogP contribution in [0.4, 0.5) is 4.39 Å². The molecule has 1 saturated carbocycles. The molecule has 1 aliphatic heterocycles. The van der Waals surface area contributed by atoms with Crippen molar-refractivity contribution >= 4 is 22.6 Å². The molecule has 2 aliphatic rings. The van der Waals surface area contributed by atoms with Gasteiger partial charge in [0.25, 0.3) is 0 Å². The number of nitrogens with one attached hydrogen (secondary N) is 1. The summed E-state index contributed by atoms with van der Waals surface area (Å²) in [6, 6.07) is 5.78. The Bertz CT molecular complexity index is 442. The number of hydrogen-bond donors (Lipinski definition) is 1. The van der Waals surface area contributed by atoms with E-state index in [1.807, 2.05) is 12.1 Å². The molecule has 19 heavy (non-hydrogen) atoms. The molecule has 1 aliphatic carbocycles. The van der Waals surface area contributed by atoms with E-state index in [9.17, 15) is 4.39 Å². The van der Waals surface area contributed by atoms with Crippen molar-refractivity contribution in [2.24, 2.45) is 5.92 Å². The molecule has 0 spiro atoms. The third kappa shape index (κ3) is 3.47. The van der Waals surface area contributed by atoms with Crippen LogP contribution in [-0.2, 0) is 0 Å². The second-order valence-corrected chi connectivity index (χ2v) is 6.89. The van der Waals surface area contributed by atoms with Crippen molar-refractivity contribution in [3.63, 3.8) is 0 Å². The van der Waals surface area contributed by atoms with E-state index in [-0.39, 0.29) is 11.9 Å². The van der Waals surface area contributed by atoms with Gasteiger partial charge < -0.3 is 5.32 Å². The van der Waals surface area contributed by atoms with Gasteiger partial charge in [0, 0.05) is 41.4 Å². The molecule has 3 rings (SSSR count). The van der Waals surface area contributed by atoms with E-state index in [2.05, 4.69) is 32.8 Å². The smallest absolute Gasteiger partial charge is 0.128 e. The van der Waals surface area contributed by atoms with Crippen LogP contribution in [0.3, 0.4) is 0 Å². The summed E-state index contributed by atoms with van der Waals surface area (Å²) in [5.41, 5.74) is 0.903. The maximum atomic E-state index is 14.2. The summed E-state index contributed by atoms with van der Waals surface area (Å²) in [7, 11) is 0. The summed E-state index contributed by atoms with van der Waals surface area (Å²) >= 11 is 2.28. The Balaban J connectivity index is 1.85. The van der Waals surface area contributed by atoms with Gasteiger partial charge in [0.05, 0.1) is 0 Å². The van der Waals surface area contributed by atoms with Gasteiger partial charge in [-0.05, 0) is 53.1 Å². The van der Waals surface area contributed by atoms with E-state index < -0.39 is 0 Å². The molecule has 1 aromatic rings. The van der Waals surface area contributed by atoms with Crippen LogP contribution >= 0.6 is 22.6 Å². The highest BCUT2D eigenvalue weighted by atomic mass is 127. The fraction of sp³-hybridized carbons (Fsp3) is 0.600. The molecule has 1 heterocycles. The minimum atomic E-state index is -0.0374. The van der Waals surface area contributed by atoms with E-state index in [1.54, 1.807) is 6.07 Å². The highest BCUT2D eigenvalue weighted by molar-refractivity contribution is 14.1. The third-order valence-corrected chi connectivity index (χ3v) is 4.83. The van der Waals surface area contributed by atoms with Crippen molar-refractivity contribution < 1.29 is 4.39 Å². The summed E-state index contributed by atoms with van der Waals surface area (Å²) in [6.07, 6.45) is 3.78. The number of benzene rings is 1. The van der Waals surface area contributed by atoms with Crippen LogP contribution in [0, 0.1) is 15.3 Å². The zero-order valence-electron chi connectivity index (χ0n) is 11.0. The predicted octanol–water partition coefficient (Wildman–Crippen LogP) is 3.18. The molecule has 0 radical (unpaired) electrons. The lowest BCUT2D eigenvalue weighted by Crippen LogP contribution is -2.45. The van der Waals surface area contributed by atoms with Crippen LogP contribution in [-0.4, -0.2) is 31.1 Å². The molecule has 104 valence electrons. The van der Waals surface area contributed by atoms with Crippen LogP contribution in [0.25, 0.3) is 0 Å². The Morgan fingerprint density at radius 1 is 1.32 bits per heavy atom. The Kier molecular flexibility index (Phi) is 4.39. The lowest BCUT2D eigenvalue weighted by molar-refractivity contribution is 0.157. The standard InChI is InChI=1S/C15H20FIN2/c16-14-4-3-12(17)10-13(14)15(9-11-1-2-11)19-7-5-18-6-8-19/h3-4,10-11,15,18H,1-2,5-9H2/t15-/m0/s1. The Morgan fingerprint density at radius 3 is 2.74 bits per heavy atom. The van der Waals surface area contributed by atoms with Gasteiger partial charge in [0.1, 0.15) is 5.82 Å². The van der Waals surface area contributed by atoms with Gasteiger partial charge in [-0.15, -0.1) is 0 Å². The van der Waals surface area contributed by atoms with Crippen molar-refractivity contribution in [3.05, 3.63) is 33.1 Å². The van der Waals surface area contributed by atoms with Crippen molar-refractivity contribution in [2.45, 2.75) is 25.3 Å². The first kappa shape index (κ1) is 13.8. The summed E-state index contributed by atoms with van der Waals surface area (Å²) in [5, 5.41) is 3.38. The molecule has 0 bridgehead atoms. The fourth-order valence-electron chi connectivity index (χ4n) is 2.91. The quantitative estimate of drug-likeness (QED) is 0.815. The minimum absolute atomic E-state index is 0.0374. The predicted molar refractivity (Wildman–Crippen MR) is 83.6 cm³/mol. The average Bonchev–Trinajstić information content (AvgIpc) is 3.24. The van der Waals surface area contributed by atoms with Gasteiger partial charge in [-0.3, -0.25) is 4.90 Å². The molecule has 0 unspecified atom stereocenters. The van der Waals surface area contributed by atoms with Crippen molar-refractivity contribution in [1.82, 2.24) is 10.2 Å². The van der Waals surface area contributed by atoms with Crippen LogP contribution < -0.4 is 5.32 Å². The van der Waals surface area contributed by atoms with Crippen LogP contribution in [0.1, 0.15) is 30.9 Å². The summed E-state index contributed by atoms with van der Waals surface area (Å²) in [6.45, 7) is 4.10. The van der Waals surface area contributed by atoms with Crippen molar-refractivity contribution in [2.75, 3.05) is 26.2 Å². The molecule has 2 fully saturated rings. The molecular weight excluding hydrogens is 354 g/mol. The lowest BCUT2D eigenvalue weighted by atomic mass is 9.98. The first-order valence-corrected chi connectivity index (χ1v) is 8.21. The first-order valence-electron chi connectivity index (χ1n) is 7.14. The van der Waals surface area contributed by atoms with Crippen LogP contribution in [0.15, 0.2) is 18.2 Å². The Hall–Kier alpha value is -0.200. The average molecular weight is 374 g/mol. The molecule has 1 aromatic carbocycles. The van der Waals surface area contributed by atoms with E-state index in [0.717, 1.165) is 47.7 Å². The molecule has 1 atom stereocenters. The fourth-order valence-corrected chi connectivity index (χ4v) is 3.42. The summed E-state index contributed by atoms with van der Waals surface area (Å²) in [4.78, 5) is 2.46. The van der Waals surface area contributed by atoms with Crippen molar-refractivity contribution in [1.29, 1.82) is 0 Å². The van der Waals surface area contributed by atoms with Crippen LogP contribution in [0.5, 0.6) is 0 Å².